The highest BCUT2D eigenvalue weighted by Gasteiger charge is 2.15. The number of aliphatic carboxylic acids is 1. The fourth-order valence-corrected chi connectivity index (χ4v) is 2.30. The van der Waals surface area contributed by atoms with Crippen LogP contribution < -0.4 is 10.4 Å². The van der Waals surface area contributed by atoms with E-state index in [9.17, 15) is 23.1 Å². The Morgan fingerprint density at radius 2 is 1.74 bits per heavy atom. The molecule has 0 bridgehead atoms. The summed E-state index contributed by atoms with van der Waals surface area (Å²) in [6.45, 7) is 3.46. The monoisotopic (exact) mass is 284 g/mol. The molecule has 19 heavy (non-hydrogen) atoms. The first-order valence-corrected chi connectivity index (χ1v) is 7.21. The third-order valence-corrected chi connectivity index (χ3v) is 3.92. The van der Waals surface area contributed by atoms with Gasteiger partial charge in [-0.05, 0) is 24.3 Å². The third-order valence-electron chi connectivity index (χ3n) is 2.31. The summed E-state index contributed by atoms with van der Waals surface area (Å²) in [4.78, 5) is 21.6. The second-order valence-corrected chi connectivity index (χ2v) is 6.29. The van der Waals surface area contributed by atoms with Crippen molar-refractivity contribution in [3.8, 4) is 0 Å². The van der Waals surface area contributed by atoms with Gasteiger partial charge in [-0.15, -0.1) is 0 Å². The molecule has 0 saturated carbocycles. The number of hydrogen-bond acceptors (Lipinski definition) is 5. The van der Waals surface area contributed by atoms with Crippen LogP contribution in [0.5, 0.6) is 0 Å². The fourth-order valence-electron chi connectivity index (χ4n) is 1.27. The van der Waals surface area contributed by atoms with Gasteiger partial charge < -0.3 is 15.2 Å². The zero-order valence-corrected chi connectivity index (χ0v) is 11.4. The van der Waals surface area contributed by atoms with Crippen LogP contribution in [0, 0.1) is 5.92 Å². The van der Waals surface area contributed by atoms with E-state index in [1.165, 1.54) is 24.3 Å². The van der Waals surface area contributed by atoms with Crippen molar-refractivity contribution < 1.29 is 23.1 Å². The van der Waals surface area contributed by atoms with Gasteiger partial charge in [-0.1, -0.05) is 13.8 Å². The zero-order valence-electron chi connectivity index (χ0n) is 10.5. The van der Waals surface area contributed by atoms with Crippen molar-refractivity contribution in [3.05, 3.63) is 24.3 Å². The molecule has 6 nitrogen and oxygen atoms in total. The van der Waals surface area contributed by atoms with Crippen molar-refractivity contribution in [2.45, 2.75) is 18.7 Å². The van der Waals surface area contributed by atoms with Gasteiger partial charge in [0.15, 0.2) is 9.84 Å². The molecule has 1 rings (SSSR count). The van der Waals surface area contributed by atoms with E-state index in [1.54, 1.807) is 13.8 Å². The summed E-state index contributed by atoms with van der Waals surface area (Å²) >= 11 is 0. The quantitative estimate of drug-likeness (QED) is 0.806. The van der Waals surface area contributed by atoms with Gasteiger partial charge >= 0.3 is 0 Å². The number of anilines is 1. The maximum atomic E-state index is 11.6. The van der Waals surface area contributed by atoms with Gasteiger partial charge in [0, 0.05) is 11.6 Å². The van der Waals surface area contributed by atoms with Crippen molar-refractivity contribution in [1.82, 2.24) is 0 Å². The van der Waals surface area contributed by atoms with Crippen LogP contribution in [0.3, 0.4) is 0 Å². The Bertz CT molecular complexity index is 575. The molecule has 0 aliphatic rings. The predicted octanol–water partition coefficient (Wildman–Crippen LogP) is -0.195. The van der Waals surface area contributed by atoms with E-state index in [0.29, 0.717) is 5.69 Å². The van der Waals surface area contributed by atoms with Crippen LogP contribution in [-0.4, -0.2) is 26.0 Å². The average Bonchev–Trinajstić information content (AvgIpc) is 2.27. The summed E-state index contributed by atoms with van der Waals surface area (Å²) < 4.78 is 23.2. The molecular weight excluding hydrogens is 270 g/mol. The molecule has 0 aliphatic carbocycles. The van der Waals surface area contributed by atoms with E-state index in [0.717, 1.165) is 0 Å². The van der Waals surface area contributed by atoms with Crippen LogP contribution in [0.4, 0.5) is 5.69 Å². The topological polar surface area (TPSA) is 103 Å². The molecule has 0 unspecified atom stereocenters. The first-order valence-electron chi connectivity index (χ1n) is 5.56. The van der Waals surface area contributed by atoms with E-state index in [-0.39, 0.29) is 16.7 Å². The lowest BCUT2D eigenvalue weighted by atomic mass is 10.2. The maximum Gasteiger partial charge on any atom is 0.226 e. The van der Waals surface area contributed by atoms with Crippen LogP contribution >= 0.6 is 0 Å². The van der Waals surface area contributed by atoms with Crippen LogP contribution in [0.2, 0.25) is 0 Å². The SMILES string of the molecule is CC(C)C(=O)Nc1ccc(S(=O)(=O)CC(=O)[O-])cc1. The minimum absolute atomic E-state index is 0.126. The Morgan fingerprint density at radius 3 is 2.16 bits per heavy atom. The number of benzene rings is 1. The molecule has 7 heteroatoms. The number of carboxylic acid groups (broad SMARTS) is 1. The molecule has 1 aromatic rings. The molecule has 1 N–H and O–H groups in total. The number of carbonyl (C=O) groups excluding carboxylic acids is 2. The normalized spacial score (nSPS) is 11.3. The Morgan fingerprint density at radius 1 is 1.21 bits per heavy atom. The first-order chi connectivity index (χ1) is 8.72. The maximum absolute atomic E-state index is 11.6. The zero-order chi connectivity index (χ0) is 14.6. The molecule has 104 valence electrons. The van der Waals surface area contributed by atoms with Crippen molar-refractivity contribution in [2.24, 2.45) is 5.92 Å². The van der Waals surface area contributed by atoms with Crippen molar-refractivity contribution >= 4 is 27.4 Å². The standard InChI is InChI=1S/C12H15NO5S/c1-8(2)12(16)13-9-3-5-10(6-4-9)19(17,18)7-11(14)15/h3-6,8H,7H2,1-2H3,(H,13,16)(H,14,15)/p-1. The molecule has 0 atom stereocenters. The molecular formula is C12H14NO5S-. The number of carboxylic acids is 1. The fraction of sp³-hybridized carbons (Fsp3) is 0.333. The summed E-state index contributed by atoms with van der Waals surface area (Å²) in [6, 6.07) is 5.30. The molecule has 0 radical (unpaired) electrons. The highest BCUT2D eigenvalue weighted by Crippen LogP contribution is 2.15. The van der Waals surface area contributed by atoms with Gasteiger partial charge in [-0.25, -0.2) is 8.42 Å². The van der Waals surface area contributed by atoms with Crippen LogP contribution in [-0.2, 0) is 19.4 Å². The minimum Gasteiger partial charge on any atom is -0.549 e. The molecule has 0 heterocycles. The van der Waals surface area contributed by atoms with Gasteiger partial charge in [0.2, 0.25) is 5.91 Å². The Kier molecular flexibility index (Phi) is 4.66. The Labute approximate surface area is 111 Å². The predicted molar refractivity (Wildman–Crippen MR) is 67.0 cm³/mol. The van der Waals surface area contributed by atoms with Crippen molar-refractivity contribution in [1.29, 1.82) is 0 Å². The number of rotatable bonds is 5. The summed E-state index contributed by atoms with van der Waals surface area (Å²) in [5, 5.41) is 12.9. The van der Waals surface area contributed by atoms with Gasteiger partial charge in [0.05, 0.1) is 16.6 Å². The van der Waals surface area contributed by atoms with E-state index in [4.69, 9.17) is 0 Å². The lowest BCUT2D eigenvalue weighted by Crippen LogP contribution is -2.30. The summed E-state index contributed by atoms with van der Waals surface area (Å²) in [7, 11) is -3.90. The van der Waals surface area contributed by atoms with Crippen LogP contribution in [0.15, 0.2) is 29.2 Å². The lowest BCUT2D eigenvalue weighted by molar-refractivity contribution is -0.301. The third kappa shape index (κ3) is 4.36. The molecule has 0 spiro atoms. The van der Waals surface area contributed by atoms with Gasteiger partial charge in [0.25, 0.3) is 0 Å². The minimum atomic E-state index is -3.90. The van der Waals surface area contributed by atoms with Gasteiger partial charge in [-0.2, -0.15) is 0 Å². The van der Waals surface area contributed by atoms with E-state index < -0.39 is 21.6 Å². The number of sulfone groups is 1. The lowest BCUT2D eigenvalue weighted by Gasteiger charge is -2.09. The smallest absolute Gasteiger partial charge is 0.226 e. The summed E-state index contributed by atoms with van der Waals surface area (Å²) in [5.74, 6) is -3.10. The Hall–Kier alpha value is -1.89. The highest BCUT2D eigenvalue weighted by molar-refractivity contribution is 7.92. The second-order valence-electron chi connectivity index (χ2n) is 4.30. The molecule has 0 aliphatic heterocycles. The first kappa shape index (κ1) is 15.2. The van der Waals surface area contributed by atoms with Crippen molar-refractivity contribution in [3.63, 3.8) is 0 Å². The van der Waals surface area contributed by atoms with E-state index in [2.05, 4.69) is 5.32 Å². The van der Waals surface area contributed by atoms with E-state index in [1.807, 2.05) is 0 Å². The number of amides is 1. The van der Waals surface area contributed by atoms with Gasteiger partial charge in [0.1, 0.15) is 0 Å². The van der Waals surface area contributed by atoms with Crippen LogP contribution in [0.1, 0.15) is 13.8 Å². The molecule has 0 aromatic heterocycles. The van der Waals surface area contributed by atoms with Crippen molar-refractivity contribution in [2.75, 3.05) is 11.1 Å². The molecule has 0 saturated heterocycles. The van der Waals surface area contributed by atoms with Crippen LogP contribution in [0.25, 0.3) is 0 Å². The largest absolute Gasteiger partial charge is 0.549 e. The Balaban J connectivity index is 2.88. The van der Waals surface area contributed by atoms with Gasteiger partial charge in [-0.3, -0.25) is 4.79 Å². The second kappa shape index (κ2) is 5.83. The number of hydrogen-bond donors (Lipinski definition) is 1. The number of nitrogens with one attached hydrogen (secondary N) is 1. The summed E-state index contributed by atoms with van der Waals surface area (Å²) in [5.41, 5.74) is 0.450. The molecule has 1 amide bonds. The summed E-state index contributed by atoms with van der Waals surface area (Å²) in [6.07, 6.45) is 0. The highest BCUT2D eigenvalue weighted by atomic mass is 32.2. The number of carbonyl (C=O) groups is 2. The van der Waals surface area contributed by atoms with E-state index >= 15 is 0 Å². The molecule has 1 aromatic carbocycles. The molecule has 0 fully saturated rings. The average molecular weight is 284 g/mol.